The summed E-state index contributed by atoms with van der Waals surface area (Å²) < 4.78 is 25.6. The average molecular weight is 340 g/mol. The van der Waals surface area contributed by atoms with Crippen LogP contribution in [0, 0.1) is 6.92 Å². The smallest absolute Gasteiger partial charge is 0.151 e. The van der Waals surface area contributed by atoms with Crippen molar-refractivity contribution in [3.8, 4) is 0 Å². The number of aryl methyl sites for hydroxylation is 1. The number of aromatic nitrogens is 3. The predicted molar refractivity (Wildman–Crippen MR) is 85.9 cm³/mol. The topological polar surface area (TPSA) is 64.8 Å². The normalized spacial score (nSPS) is 20.9. The Morgan fingerprint density at radius 3 is 2.95 bits per heavy atom. The molecule has 1 aliphatic rings. The van der Waals surface area contributed by atoms with E-state index in [-0.39, 0.29) is 17.4 Å². The molecule has 1 aromatic heterocycles. The first-order valence-corrected chi connectivity index (χ1v) is 9.49. The lowest BCUT2D eigenvalue weighted by Crippen LogP contribution is -2.26. The zero-order chi connectivity index (χ0) is 15.7. The predicted octanol–water partition coefficient (Wildman–Crippen LogP) is 2.58. The molecular formula is C15H18ClN3O2S. The molecule has 0 radical (unpaired) electrons. The highest BCUT2D eigenvalue weighted by atomic mass is 35.5. The standard InChI is InChI=1S/C15H18ClN3O2S/c1-11-17-15(13-5-3-7-22(20,21)10-13)19(18-11)9-12-4-2-6-14(16)8-12/h2,4,6,8,13H,3,5,7,9-10H2,1H3/t13-/m1/s1. The molecule has 5 nitrogen and oxygen atoms in total. The molecule has 2 aromatic rings. The van der Waals surface area contributed by atoms with Crippen molar-refractivity contribution in [1.29, 1.82) is 0 Å². The maximum atomic E-state index is 11.9. The van der Waals surface area contributed by atoms with Crippen LogP contribution in [0.3, 0.4) is 0 Å². The van der Waals surface area contributed by atoms with Gasteiger partial charge in [0.1, 0.15) is 11.6 Å². The average Bonchev–Trinajstić information content (AvgIpc) is 2.78. The van der Waals surface area contributed by atoms with Gasteiger partial charge in [0.2, 0.25) is 0 Å². The summed E-state index contributed by atoms with van der Waals surface area (Å²) in [4.78, 5) is 4.47. The molecule has 1 aromatic carbocycles. The number of halogens is 1. The van der Waals surface area contributed by atoms with Gasteiger partial charge in [0.05, 0.1) is 18.1 Å². The highest BCUT2D eigenvalue weighted by Crippen LogP contribution is 2.27. The van der Waals surface area contributed by atoms with E-state index in [1.165, 1.54) is 0 Å². The van der Waals surface area contributed by atoms with E-state index in [0.29, 0.717) is 23.8 Å². The maximum Gasteiger partial charge on any atom is 0.151 e. The highest BCUT2D eigenvalue weighted by Gasteiger charge is 2.29. The maximum absolute atomic E-state index is 11.9. The van der Waals surface area contributed by atoms with Crippen LogP contribution >= 0.6 is 11.6 Å². The van der Waals surface area contributed by atoms with Gasteiger partial charge in [-0.1, -0.05) is 23.7 Å². The molecule has 0 amide bonds. The summed E-state index contributed by atoms with van der Waals surface area (Å²) in [5.41, 5.74) is 1.03. The number of nitrogens with zero attached hydrogens (tertiary/aromatic N) is 3. The van der Waals surface area contributed by atoms with Gasteiger partial charge in [0, 0.05) is 10.9 Å². The van der Waals surface area contributed by atoms with Crippen molar-refractivity contribution in [3.05, 3.63) is 46.5 Å². The minimum Gasteiger partial charge on any atom is -0.245 e. The molecule has 7 heteroatoms. The third-order valence-electron chi connectivity index (χ3n) is 3.86. The first-order valence-electron chi connectivity index (χ1n) is 7.29. The summed E-state index contributed by atoms with van der Waals surface area (Å²) in [7, 11) is -2.97. The third kappa shape index (κ3) is 3.50. The van der Waals surface area contributed by atoms with Crippen molar-refractivity contribution in [2.45, 2.75) is 32.2 Å². The van der Waals surface area contributed by atoms with Gasteiger partial charge in [0.25, 0.3) is 0 Å². The molecule has 22 heavy (non-hydrogen) atoms. The first kappa shape index (κ1) is 15.5. The molecule has 1 saturated heterocycles. The van der Waals surface area contributed by atoms with Gasteiger partial charge in [-0.2, -0.15) is 5.10 Å². The lowest BCUT2D eigenvalue weighted by atomic mass is 10.0. The second-order valence-electron chi connectivity index (χ2n) is 5.76. The monoisotopic (exact) mass is 339 g/mol. The molecule has 0 aliphatic carbocycles. The Balaban J connectivity index is 1.90. The zero-order valence-corrected chi connectivity index (χ0v) is 13.9. The fourth-order valence-electron chi connectivity index (χ4n) is 2.92. The lowest BCUT2D eigenvalue weighted by Gasteiger charge is -2.21. The molecule has 1 fully saturated rings. The first-order chi connectivity index (χ1) is 10.4. The Hall–Kier alpha value is -1.40. The van der Waals surface area contributed by atoms with Crippen molar-refractivity contribution >= 4 is 21.4 Å². The second-order valence-corrected chi connectivity index (χ2v) is 8.42. The van der Waals surface area contributed by atoms with Gasteiger partial charge in [-0.15, -0.1) is 0 Å². The van der Waals surface area contributed by atoms with Gasteiger partial charge in [-0.05, 0) is 37.5 Å². The van der Waals surface area contributed by atoms with Crippen LogP contribution in [-0.2, 0) is 16.4 Å². The van der Waals surface area contributed by atoms with Gasteiger partial charge >= 0.3 is 0 Å². The molecule has 3 rings (SSSR count). The highest BCUT2D eigenvalue weighted by molar-refractivity contribution is 7.91. The Kier molecular flexibility index (Phi) is 4.23. The van der Waals surface area contributed by atoms with Crippen molar-refractivity contribution < 1.29 is 8.42 Å². The summed E-state index contributed by atoms with van der Waals surface area (Å²) in [5, 5.41) is 5.10. The van der Waals surface area contributed by atoms with Crippen LogP contribution in [-0.4, -0.2) is 34.7 Å². The molecular weight excluding hydrogens is 322 g/mol. The van der Waals surface area contributed by atoms with Crippen LogP contribution in [0.25, 0.3) is 0 Å². The van der Waals surface area contributed by atoms with Crippen molar-refractivity contribution in [1.82, 2.24) is 14.8 Å². The minimum atomic E-state index is -2.97. The number of hydrogen-bond donors (Lipinski definition) is 0. The van der Waals surface area contributed by atoms with E-state index >= 15 is 0 Å². The van der Waals surface area contributed by atoms with Crippen molar-refractivity contribution in [2.24, 2.45) is 0 Å². The number of sulfone groups is 1. The van der Waals surface area contributed by atoms with E-state index in [1.54, 1.807) is 0 Å². The Labute approximate surface area is 135 Å². The van der Waals surface area contributed by atoms with Crippen LogP contribution in [0.5, 0.6) is 0 Å². The lowest BCUT2D eigenvalue weighted by molar-refractivity contribution is 0.519. The molecule has 0 N–H and O–H groups in total. The van der Waals surface area contributed by atoms with Gasteiger partial charge in [-0.3, -0.25) is 0 Å². The molecule has 0 spiro atoms. The van der Waals surface area contributed by atoms with E-state index in [2.05, 4.69) is 10.1 Å². The summed E-state index contributed by atoms with van der Waals surface area (Å²) in [6, 6.07) is 7.59. The van der Waals surface area contributed by atoms with Crippen LogP contribution < -0.4 is 0 Å². The summed E-state index contributed by atoms with van der Waals surface area (Å²) in [6.07, 6.45) is 1.53. The van der Waals surface area contributed by atoms with Gasteiger partial charge < -0.3 is 0 Å². The Morgan fingerprint density at radius 1 is 1.41 bits per heavy atom. The number of hydrogen-bond acceptors (Lipinski definition) is 4. The zero-order valence-electron chi connectivity index (χ0n) is 12.4. The van der Waals surface area contributed by atoms with Gasteiger partial charge in [0.15, 0.2) is 9.84 Å². The number of benzene rings is 1. The SMILES string of the molecule is Cc1nc([C@@H]2CCCS(=O)(=O)C2)n(Cc2cccc(Cl)c2)n1. The third-order valence-corrected chi connectivity index (χ3v) is 5.91. The minimum absolute atomic E-state index is 0.0702. The molecule has 1 aliphatic heterocycles. The largest absolute Gasteiger partial charge is 0.245 e. The Morgan fingerprint density at radius 2 is 2.23 bits per heavy atom. The quantitative estimate of drug-likeness (QED) is 0.862. The van der Waals surface area contributed by atoms with Crippen molar-refractivity contribution in [2.75, 3.05) is 11.5 Å². The van der Waals surface area contributed by atoms with E-state index in [1.807, 2.05) is 35.9 Å². The van der Waals surface area contributed by atoms with Crippen LogP contribution in [0.1, 0.15) is 36.0 Å². The summed E-state index contributed by atoms with van der Waals surface area (Å²) in [5.74, 6) is 1.81. The summed E-state index contributed by atoms with van der Waals surface area (Å²) >= 11 is 6.02. The molecule has 2 heterocycles. The fourth-order valence-corrected chi connectivity index (χ4v) is 4.84. The molecule has 0 unspecified atom stereocenters. The van der Waals surface area contributed by atoms with E-state index in [4.69, 9.17) is 11.6 Å². The van der Waals surface area contributed by atoms with E-state index in [0.717, 1.165) is 17.8 Å². The Bertz CT molecular complexity index is 786. The second kappa shape index (κ2) is 6.01. The van der Waals surface area contributed by atoms with Crippen LogP contribution in [0.4, 0.5) is 0 Å². The van der Waals surface area contributed by atoms with Gasteiger partial charge in [-0.25, -0.2) is 18.1 Å². The van der Waals surface area contributed by atoms with Crippen LogP contribution in [0.15, 0.2) is 24.3 Å². The van der Waals surface area contributed by atoms with Crippen molar-refractivity contribution in [3.63, 3.8) is 0 Å². The van der Waals surface area contributed by atoms with E-state index in [9.17, 15) is 8.42 Å². The molecule has 1 atom stereocenters. The van der Waals surface area contributed by atoms with Crippen LogP contribution in [0.2, 0.25) is 5.02 Å². The molecule has 0 bridgehead atoms. The van der Waals surface area contributed by atoms with E-state index < -0.39 is 9.84 Å². The molecule has 0 saturated carbocycles. The number of rotatable bonds is 3. The molecule has 118 valence electrons. The fraction of sp³-hybridized carbons (Fsp3) is 0.467. The summed E-state index contributed by atoms with van der Waals surface area (Å²) in [6.45, 7) is 2.38.